The fourth-order valence-electron chi connectivity index (χ4n) is 4.59. The van der Waals surface area contributed by atoms with Crippen LogP contribution in [0.15, 0.2) is 105 Å². The third-order valence-corrected chi connectivity index (χ3v) is 6.96. The fourth-order valence-corrected chi connectivity index (χ4v) is 4.72. The number of furan rings is 1. The predicted molar refractivity (Wildman–Crippen MR) is 169 cm³/mol. The number of ether oxygens (including phenoxy) is 3. The molecule has 0 saturated carbocycles. The van der Waals surface area contributed by atoms with Gasteiger partial charge in [0.1, 0.15) is 11.3 Å². The molecule has 0 unspecified atom stereocenters. The van der Waals surface area contributed by atoms with Crippen LogP contribution in [0, 0.1) is 0 Å². The second-order valence-electron chi connectivity index (χ2n) is 9.55. The molecule has 0 aliphatic carbocycles. The van der Waals surface area contributed by atoms with E-state index >= 15 is 0 Å². The van der Waals surface area contributed by atoms with Gasteiger partial charge in [-0.25, -0.2) is 4.98 Å². The third kappa shape index (κ3) is 5.83. The third-order valence-electron chi connectivity index (χ3n) is 6.71. The lowest BCUT2D eigenvalue weighted by atomic mass is 10.2. The highest BCUT2D eigenvalue weighted by atomic mass is 35.5. The van der Waals surface area contributed by atoms with E-state index in [1.165, 1.54) is 18.0 Å². The van der Waals surface area contributed by atoms with Crippen LogP contribution in [0.4, 0.5) is 5.69 Å². The minimum absolute atomic E-state index is 0.224. The first-order valence-electron chi connectivity index (χ1n) is 13.4. The number of carbonyl (C=O) groups excluding carboxylic acids is 1. The molecule has 0 aliphatic heterocycles. The summed E-state index contributed by atoms with van der Waals surface area (Å²) in [5, 5.41) is 8.96. The number of fused-ring (bicyclic) bond motifs is 2. The molecule has 0 atom stereocenters. The van der Waals surface area contributed by atoms with Crippen LogP contribution in [0.3, 0.4) is 0 Å². The number of amides is 1. The second-order valence-corrected chi connectivity index (χ2v) is 9.99. The zero-order chi connectivity index (χ0) is 30.6. The van der Waals surface area contributed by atoms with Gasteiger partial charge in [0.05, 0.1) is 36.7 Å². The normalized spacial score (nSPS) is 11.2. The molecular formula is C33H25ClN4O6. The summed E-state index contributed by atoms with van der Waals surface area (Å²) in [5.74, 6) is 1.59. The van der Waals surface area contributed by atoms with Gasteiger partial charge in [-0.3, -0.25) is 9.59 Å². The number of anilines is 1. The molecule has 2 aromatic heterocycles. The Hall–Kier alpha value is -5.61. The Labute approximate surface area is 256 Å². The highest BCUT2D eigenvalue weighted by molar-refractivity contribution is 6.30. The molecule has 44 heavy (non-hydrogen) atoms. The van der Waals surface area contributed by atoms with Gasteiger partial charge >= 0.3 is 0 Å². The molecular weight excluding hydrogens is 584 g/mol. The smallest absolute Gasteiger partial charge is 0.282 e. The van der Waals surface area contributed by atoms with E-state index in [4.69, 9.17) is 35.2 Å². The van der Waals surface area contributed by atoms with Crippen LogP contribution in [-0.4, -0.2) is 42.6 Å². The fraction of sp³-hybridized carbons (Fsp3) is 0.0909. The highest BCUT2D eigenvalue weighted by Crippen LogP contribution is 2.33. The number of nitrogens with zero attached hydrogens (tertiary/aromatic N) is 3. The molecule has 10 nitrogen and oxygen atoms in total. The molecule has 6 rings (SSSR count). The lowest BCUT2D eigenvalue weighted by Gasteiger charge is -2.12. The van der Waals surface area contributed by atoms with Gasteiger partial charge in [-0.05, 0) is 78.4 Å². The van der Waals surface area contributed by atoms with Crippen molar-refractivity contribution < 1.29 is 23.4 Å². The molecule has 0 spiro atoms. The lowest BCUT2D eigenvalue weighted by molar-refractivity contribution is -0.118. The van der Waals surface area contributed by atoms with Crippen LogP contribution in [0.5, 0.6) is 17.2 Å². The van der Waals surface area contributed by atoms with Gasteiger partial charge in [0.25, 0.3) is 11.5 Å². The van der Waals surface area contributed by atoms with Crippen molar-refractivity contribution in [2.24, 2.45) is 5.10 Å². The van der Waals surface area contributed by atoms with Crippen molar-refractivity contribution in [2.45, 2.75) is 0 Å². The van der Waals surface area contributed by atoms with E-state index < -0.39 is 0 Å². The standard InChI is InChI=1S/C33H25ClN4O6/c1-41-26-8-5-9-27-24(26)17-30(44-27)32-37-25-7-4-3-6-23(25)33(40)38(32)35-18-20-10-15-28(29(16-20)42-2)43-19-31(39)36-22-13-11-21(34)12-14-22/h3-18H,19H2,1-2H3,(H,36,39). The average molecular weight is 609 g/mol. The first kappa shape index (κ1) is 28.5. The van der Waals surface area contributed by atoms with E-state index in [1.807, 2.05) is 24.3 Å². The molecule has 0 radical (unpaired) electrons. The summed E-state index contributed by atoms with van der Waals surface area (Å²) in [6, 6.07) is 26.1. The summed E-state index contributed by atoms with van der Waals surface area (Å²) < 4.78 is 23.9. The Bertz CT molecular complexity index is 2090. The van der Waals surface area contributed by atoms with Crippen molar-refractivity contribution in [3.8, 4) is 28.8 Å². The molecule has 11 heteroatoms. The van der Waals surface area contributed by atoms with Gasteiger partial charge in [-0.15, -0.1) is 0 Å². The number of hydrogen-bond acceptors (Lipinski definition) is 8. The summed E-state index contributed by atoms with van der Waals surface area (Å²) in [4.78, 5) is 30.7. The van der Waals surface area contributed by atoms with Gasteiger partial charge in [0.2, 0.25) is 5.82 Å². The Kier molecular flexibility index (Phi) is 7.98. The van der Waals surface area contributed by atoms with Crippen molar-refractivity contribution in [1.29, 1.82) is 0 Å². The maximum atomic E-state index is 13.6. The van der Waals surface area contributed by atoms with Gasteiger partial charge in [-0.1, -0.05) is 29.8 Å². The number of aromatic nitrogens is 2. The Morgan fingerprint density at radius 2 is 1.73 bits per heavy atom. The van der Waals surface area contributed by atoms with Crippen molar-refractivity contribution in [3.05, 3.63) is 112 Å². The summed E-state index contributed by atoms with van der Waals surface area (Å²) in [7, 11) is 3.07. The van der Waals surface area contributed by atoms with Crippen molar-refractivity contribution in [1.82, 2.24) is 9.66 Å². The van der Waals surface area contributed by atoms with Gasteiger partial charge in [-0.2, -0.15) is 9.78 Å². The lowest BCUT2D eigenvalue weighted by Crippen LogP contribution is -2.20. The minimum atomic E-state index is -0.368. The largest absolute Gasteiger partial charge is 0.496 e. The monoisotopic (exact) mass is 608 g/mol. The Morgan fingerprint density at radius 3 is 2.52 bits per heavy atom. The molecule has 2 heterocycles. The van der Waals surface area contributed by atoms with Crippen molar-refractivity contribution in [3.63, 3.8) is 0 Å². The molecule has 1 amide bonds. The Morgan fingerprint density at radius 1 is 0.932 bits per heavy atom. The SMILES string of the molecule is COc1cc(C=Nn2c(-c3cc4c(OC)cccc4o3)nc3ccccc3c2=O)ccc1OCC(=O)Nc1ccc(Cl)cc1. The number of rotatable bonds is 9. The molecule has 0 aliphatic rings. The van der Waals surface area contributed by atoms with Gasteiger partial charge in [0, 0.05) is 10.7 Å². The quantitative estimate of drug-likeness (QED) is 0.189. The molecule has 220 valence electrons. The highest BCUT2D eigenvalue weighted by Gasteiger charge is 2.18. The number of carbonyl (C=O) groups is 1. The van der Waals surface area contributed by atoms with Crippen LogP contribution in [-0.2, 0) is 4.79 Å². The van der Waals surface area contributed by atoms with Crippen LogP contribution in [0.1, 0.15) is 5.56 Å². The number of nitrogens with one attached hydrogen (secondary N) is 1. The van der Waals surface area contributed by atoms with E-state index in [-0.39, 0.29) is 23.9 Å². The van der Waals surface area contributed by atoms with Crippen LogP contribution >= 0.6 is 11.6 Å². The van der Waals surface area contributed by atoms with E-state index in [0.29, 0.717) is 55.8 Å². The van der Waals surface area contributed by atoms with E-state index in [9.17, 15) is 9.59 Å². The number of para-hydroxylation sites is 1. The predicted octanol–water partition coefficient (Wildman–Crippen LogP) is 6.38. The summed E-state index contributed by atoms with van der Waals surface area (Å²) >= 11 is 5.90. The number of hydrogen-bond donors (Lipinski definition) is 1. The van der Waals surface area contributed by atoms with Gasteiger partial charge in [0.15, 0.2) is 23.9 Å². The molecule has 6 aromatic rings. The summed E-state index contributed by atoms with van der Waals surface area (Å²) in [5.41, 5.74) is 1.93. The second kappa shape index (κ2) is 12.3. The maximum absolute atomic E-state index is 13.6. The summed E-state index contributed by atoms with van der Waals surface area (Å²) in [6.07, 6.45) is 1.50. The van der Waals surface area contributed by atoms with E-state index in [1.54, 1.807) is 73.8 Å². The molecule has 0 bridgehead atoms. The number of benzene rings is 4. The zero-order valence-electron chi connectivity index (χ0n) is 23.6. The van der Waals surface area contributed by atoms with Gasteiger partial charge < -0.3 is 23.9 Å². The van der Waals surface area contributed by atoms with Crippen LogP contribution in [0.25, 0.3) is 33.5 Å². The van der Waals surface area contributed by atoms with E-state index in [0.717, 1.165) is 5.39 Å². The van der Waals surface area contributed by atoms with E-state index in [2.05, 4.69) is 10.4 Å². The maximum Gasteiger partial charge on any atom is 0.282 e. The molecule has 0 saturated heterocycles. The van der Waals surface area contributed by atoms with Crippen molar-refractivity contribution in [2.75, 3.05) is 26.1 Å². The minimum Gasteiger partial charge on any atom is -0.496 e. The zero-order valence-corrected chi connectivity index (χ0v) is 24.4. The summed E-state index contributed by atoms with van der Waals surface area (Å²) in [6.45, 7) is -0.240. The average Bonchev–Trinajstić information content (AvgIpc) is 3.49. The van der Waals surface area contributed by atoms with Crippen molar-refractivity contribution >= 4 is 51.3 Å². The first-order chi connectivity index (χ1) is 21.4. The molecule has 4 aromatic carbocycles. The Balaban J connectivity index is 1.29. The molecule has 1 N–H and O–H groups in total. The van der Waals surface area contributed by atoms with Crippen LogP contribution in [0.2, 0.25) is 5.02 Å². The number of halogens is 1. The first-order valence-corrected chi connectivity index (χ1v) is 13.8. The number of methoxy groups -OCH3 is 2. The van der Waals surface area contributed by atoms with Crippen LogP contribution < -0.4 is 25.1 Å². The molecule has 0 fully saturated rings. The topological polar surface area (TPSA) is 117 Å².